The van der Waals surface area contributed by atoms with E-state index in [1.807, 2.05) is 6.07 Å². The van der Waals surface area contributed by atoms with E-state index in [-0.39, 0.29) is 5.75 Å². The third kappa shape index (κ3) is 1.59. The van der Waals surface area contributed by atoms with Crippen LogP contribution in [0.3, 0.4) is 0 Å². The molecule has 0 fully saturated rings. The zero-order valence-corrected chi connectivity index (χ0v) is 9.41. The second kappa shape index (κ2) is 3.90. The van der Waals surface area contributed by atoms with Crippen molar-refractivity contribution in [2.24, 2.45) is 0 Å². The van der Waals surface area contributed by atoms with E-state index in [2.05, 4.69) is 15.9 Å². The van der Waals surface area contributed by atoms with Gasteiger partial charge in [0.15, 0.2) is 0 Å². The Morgan fingerprint density at radius 2 is 2.06 bits per heavy atom. The molecule has 3 aromatic rings. The number of hydrogen-bond donors (Lipinski definition) is 1. The highest BCUT2D eigenvalue weighted by Gasteiger charge is 2.08. The van der Waals surface area contributed by atoms with Gasteiger partial charge in [0.25, 0.3) is 0 Å². The molecule has 0 radical (unpaired) electrons. The van der Waals surface area contributed by atoms with Crippen molar-refractivity contribution in [3.63, 3.8) is 0 Å². The molecule has 0 saturated carbocycles. The van der Waals surface area contributed by atoms with Crippen LogP contribution < -0.4 is 0 Å². The molecule has 0 saturated heterocycles. The van der Waals surface area contributed by atoms with E-state index in [0.717, 1.165) is 0 Å². The quantitative estimate of drug-likeness (QED) is 0.657. The summed E-state index contributed by atoms with van der Waals surface area (Å²) in [6, 6.07) is 7.04. The van der Waals surface area contributed by atoms with Gasteiger partial charge in [0.05, 0.1) is 11.3 Å². The number of phenolic OH excluding ortho intramolecular Hbond substituents is 1. The number of nitrogens with zero attached hydrogens (tertiary/aromatic N) is 3. The molecule has 0 bridgehead atoms. The van der Waals surface area contributed by atoms with Crippen LogP contribution in [0.25, 0.3) is 17.0 Å². The van der Waals surface area contributed by atoms with Crippen molar-refractivity contribution in [2.75, 3.05) is 0 Å². The third-order valence-corrected chi connectivity index (χ3v) is 2.66. The minimum absolute atomic E-state index is 0.193. The van der Waals surface area contributed by atoms with Crippen molar-refractivity contribution >= 4 is 5.78 Å². The number of aromatic hydroxyl groups is 1. The van der Waals surface area contributed by atoms with Crippen LogP contribution in [0.15, 0.2) is 42.9 Å². The van der Waals surface area contributed by atoms with Crippen LogP contribution in [0.1, 0.15) is 5.56 Å². The molecule has 0 amide bonds. The molecule has 2 aromatic heterocycles. The van der Waals surface area contributed by atoms with E-state index in [1.165, 1.54) is 0 Å². The van der Waals surface area contributed by atoms with Crippen LogP contribution in [0.4, 0.5) is 0 Å². The van der Waals surface area contributed by atoms with Crippen LogP contribution in [0.2, 0.25) is 0 Å². The van der Waals surface area contributed by atoms with Gasteiger partial charge in [0.2, 0.25) is 5.78 Å². The molecule has 4 heteroatoms. The fourth-order valence-corrected chi connectivity index (χ4v) is 1.78. The molecular weight excluding hydrogens is 226 g/mol. The van der Waals surface area contributed by atoms with Crippen LogP contribution in [0.5, 0.6) is 5.75 Å². The van der Waals surface area contributed by atoms with E-state index >= 15 is 0 Å². The molecule has 0 unspecified atom stereocenters. The van der Waals surface area contributed by atoms with E-state index < -0.39 is 0 Å². The summed E-state index contributed by atoms with van der Waals surface area (Å²) in [6.45, 7) is 0. The minimum Gasteiger partial charge on any atom is -0.507 e. The Bertz CT molecular complexity index is 768. The van der Waals surface area contributed by atoms with Gasteiger partial charge in [-0.1, -0.05) is 18.1 Å². The maximum atomic E-state index is 9.79. The lowest BCUT2D eigenvalue weighted by Gasteiger charge is -1.98. The Balaban J connectivity index is 2.20. The lowest BCUT2D eigenvalue weighted by Crippen LogP contribution is -1.88. The first-order valence-corrected chi connectivity index (χ1v) is 5.37. The molecule has 0 spiro atoms. The fourth-order valence-electron chi connectivity index (χ4n) is 1.78. The maximum Gasteiger partial charge on any atom is 0.234 e. The van der Waals surface area contributed by atoms with Gasteiger partial charge in [-0.3, -0.25) is 4.40 Å². The standard InChI is InChI=1S/C14H9N3O/c1-2-10-7-15-14-16-12(9-17(14)8-10)11-5-3-4-6-13(11)18/h1,3-9,18H. The molecule has 1 aromatic carbocycles. The molecule has 1 N–H and O–H groups in total. The summed E-state index contributed by atoms with van der Waals surface area (Å²) in [4.78, 5) is 8.50. The van der Waals surface area contributed by atoms with Crippen LogP contribution in [-0.2, 0) is 0 Å². The first kappa shape index (κ1) is 10.4. The predicted octanol–water partition coefficient (Wildman–Crippen LogP) is 2.08. The highest BCUT2D eigenvalue weighted by atomic mass is 16.3. The number of phenols is 1. The first-order chi connectivity index (χ1) is 8.78. The summed E-state index contributed by atoms with van der Waals surface area (Å²) in [5.74, 6) is 3.26. The van der Waals surface area contributed by atoms with E-state index in [4.69, 9.17) is 6.42 Å². The third-order valence-electron chi connectivity index (χ3n) is 2.66. The van der Waals surface area contributed by atoms with Crippen LogP contribution >= 0.6 is 0 Å². The van der Waals surface area contributed by atoms with E-state index in [0.29, 0.717) is 22.6 Å². The zero-order valence-electron chi connectivity index (χ0n) is 9.41. The SMILES string of the molecule is C#Cc1cnc2nc(-c3ccccc3O)cn2c1. The number of rotatable bonds is 1. The number of aromatic nitrogens is 3. The normalized spacial score (nSPS) is 10.4. The minimum atomic E-state index is 0.193. The molecule has 4 nitrogen and oxygen atoms in total. The molecule has 0 aliphatic carbocycles. The molecular formula is C14H9N3O. The summed E-state index contributed by atoms with van der Waals surface area (Å²) >= 11 is 0. The highest BCUT2D eigenvalue weighted by Crippen LogP contribution is 2.27. The monoisotopic (exact) mass is 235 g/mol. The highest BCUT2D eigenvalue weighted by molar-refractivity contribution is 5.68. The lowest BCUT2D eigenvalue weighted by molar-refractivity contribution is 0.477. The second-order valence-electron chi connectivity index (χ2n) is 3.84. The van der Waals surface area contributed by atoms with Gasteiger partial charge in [-0.05, 0) is 12.1 Å². The van der Waals surface area contributed by atoms with Gasteiger partial charge >= 0.3 is 0 Å². The van der Waals surface area contributed by atoms with E-state index in [9.17, 15) is 5.11 Å². The molecule has 0 atom stereocenters. The summed E-state index contributed by atoms with van der Waals surface area (Å²) in [7, 11) is 0. The Hall–Kier alpha value is -2.80. The molecule has 0 aliphatic rings. The zero-order chi connectivity index (χ0) is 12.5. The first-order valence-electron chi connectivity index (χ1n) is 5.37. The summed E-state index contributed by atoms with van der Waals surface area (Å²) < 4.78 is 1.75. The molecule has 18 heavy (non-hydrogen) atoms. The number of imidazole rings is 1. The summed E-state index contributed by atoms with van der Waals surface area (Å²) in [6.07, 6.45) is 10.5. The molecule has 2 heterocycles. The van der Waals surface area contributed by atoms with Crippen LogP contribution in [0, 0.1) is 12.3 Å². The predicted molar refractivity (Wildman–Crippen MR) is 68.0 cm³/mol. The van der Waals surface area contributed by atoms with Gasteiger partial charge in [-0.25, -0.2) is 9.97 Å². The maximum absolute atomic E-state index is 9.79. The fraction of sp³-hybridized carbons (Fsp3) is 0. The Morgan fingerprint density at radius 3 is 2.83 bits per heavy atom. The van der Waals surface area contributed by atoms with Gasteiger partial charge in [-0.2, -0.15) is 0 Å². The number of hydrogen-bond acceptors (Lipinski definition) is 3. The second-order valence-corrected chi connectivity index (χ2v) is 3.84. The number of para-hydroxylation sites is 1. The lowest BCUT2D eigenvalue weighted by atomic mass is 10.1. The van der Waals surface area contributed by atoms with E-state index in [1.54, 1.807) is 41.2 Å². The summed E-state index contributed by atoms with van der Waals surface area (Å²) in [5, 5.41) is 9.79. The Labute approximate surface area is 104 Å². The van der Waals surface area contributed by atoms with Gasteiger partial charge in [0, 0.05) is 24.2 Å². The average Bonchev–Trinajstić information content (AvgIpc) is 2.81. The van der Waals surface area contributed by atoms with Crippen LogP contribution in [-0.4, -0.2) is 19.5 Å². The number of terminal acetylenes is 1. The smallest absolute Gasteiger partial charge is 0.234 e. The topological polar surface area (TPSA) is 50.4 Å². The summed E-state index contributed by atoms with van der Waals surface area (Å²) in [5.41, 5.74) is 2.02. The van der Waals surface area contributed by atoms with Gasteiger partial charge in [-0.15, -0.1) is 6.42 Å². The van der Waals surface area contributed by atoms with Gasteiger partial charge in [0.1, 0.15) is 5.75 Å². The number of fused-ring (bicyclic) bond motifs is 1. The van der Waals surface area contributed by atoms with Crippen molar-refractivity contribution in [1.29, 1.82) is 0 Å². The Morgan fingerprint density at radius 1 is 1.22 bits per heavy atom. The van der Waals surface area contributed by atoms with Crippen molar-refractivity contribution < 1.29 is 5.11 Å². The molecule has 0 aliphatic heterocycles. The molecule has 86 valence electrons. The van der Waals surface area contributed by atoms with Crippen molar-refractivity contribution in [3.05, 3.63) is 48.4 Å². The largest absolute Gasteiger partial charge is 0.507 e. The Kier molecular flexibility index (Phi) is 2.24. The van der Waals surface area contributed by atoms with Crippen molar-refractivity contribution in [1.82, 2.24) is 14.4 Å². The van der Waals surface area contributed by atoms with Crippen molar-refractivity contribution in [3.8, 4) is 29.4 Å². The average molecular weight is 235 g/mol. The number of benzene rings is 1. The van der Waals surface area contributed by atoms with Crippen molar-refractivity contribution in [2.45, 2.75) is 0 Å². The van der Waals surface area contributed by atoms with Gasteiger partial charge < -0.3 is 5.11 Å². The molecule has 3 rings (SSSR count).